The lowest BCUT2D eigenvalue weighted by Crippen LogP contribution is -2.14. The molecular weight excluding hydrogens is 564 g/mol. The number of nitriles is 1. The number of carbonyl (C=O) groups excluding carboxylic acids is 1. The van der Waals surface area contributed by atoms with Crippen molar-refractivity contribution in [3.63, 3.8) is 0 Å². The fourth-order valence-electron chi connectivity index (χ4n) is 3.16. The van der Waals surface area contributed by atoms with Crippen molar-refractivity contribution in [1.82, 2.24) is 0 Å². The van der Waals surface area contributed by atoms with Crippen molar-refractivity contribution >= 4 is 55.5 Å². The second kappa shape index (κ2) is 11.1. The fourth-order valence-corrected chi connectivity index (χ4v) is 4.61. The van der Waals surface area contributed by atoms with Gasteiger partial charge in [-0.25, -0.2) is 4.79 Å². The first-order chi connectivity index (χ1) is 16.2. The average Bonchev–Trinajstić information content (AvgIpc) is 2.79. The Bertz CT molecular complexity index is 1300. The van der Waals surface area contributed by atoms with Gasteiger partial charge in [-0.15, -0.1) is 0 Å². The third-order valence-corrected chi connectivity index (χ3v) is 6.09. The maximum atomic E-state index is 12.7. The number of hydrogen-bond donors (Lipinski definition) is 2. The highest BCUT2D eigenvalue weighted by molar-refractivity contribution is 9.11. The molecule has 2 N–H and O–H groups in total. The van der Waals surface area contributed by atoms with Gasteiger partial charge in [0.15, 0.2) is 0 Å². The van der Waals surface area contributed by atoms with Gasteiger partial charge in [0, 0.05) is 5.69 Å². The molecule has 0 bridgehead atoms. The lowest BCUT2D eigenvalue weighted by atomic mass is 10.1. The Morgan fingerprint density at radius 2 is 1.71 bits per heavy atom. The van der Waals surface area contributed by atoms with Crippen molar-refractivity contribution in [2.24, 2.45) is 0 Å². The molecule has 0 heterocycles. The van der Waals surface area contributed by atoms with Crippen molar-refractivity contribution in [3.05, 3.63) is 96.9 Å². The van der Waals surface area contributed by atoms with E-state index in [1.807, 2.05) is 38.1 Å². The minimum atomic E-state index is -0.985. The zero-order valence-electron chi connectivity index (χ0n) is 18.4. The number of carbonyl (C=O) groups is 2. The molecule has 6 nitrogen and oxygen atoms in total. The number of nitrogens with zero attached hydrogens (tertiary/aromatic N) is 1. The number of carboxylic acid groups (broad SMARTS) is 1. The van der Waals surface area contributed by atoms with E-state index in [9.17, 15) is 14.9 Å². The van der Waals surface area contributed by atoms with Gasteiger partial charge in [0.25, 0.3) is 5.91 Å². The zero-order chi connectivity index (χ0) is 24.8. The van der Waals surface area contributed by atoms with Crippen LogP contribution in [-0.4, -0.2) is 17.0 Å². The molecule has 3 aromatic carbocycles. The van der Waals surface area contributed by atoms with Crippen LogP contribution in [0.25, 0.3) is 6.08 Å². The Labute approximate surface area is 214 Å². The number of nitrogens with one attached hydrogen (secondary N) is 1. The number of ether oxygens (including phenoxy) is 1. The highest BCUT2D eigenvalue weighted by Gasteiger charge is 2.14. The van der Waals surface area contributed by atoms with Crippen LogP contribution in [0.5, 0.6) is 5.75 Å². The molecule has 0 fully saturated rings. The molecule has 0 saturated heterocycles. The van der Waals surface area contributed by atoms with Crippen LogP contribution >= 0.6 is 31.9 Å². The molecule has 1 amide bonds. The van der Waals surface area contributed by atoms with Crippen molar-refractivity contribution in [1.29, 1.82) is 5.26 Å². The monoisotopic (exact) mass is 582 g/mol. The molecule has 34 heavy (non-hydrogen) atoms. The van der Waals surface area contributed by atoms with Crippen LogP contribution in [0, 0.1) is 25.2 Å². The van der Waals surface area contributed by atoms with Crippen molar-refractivity contribution in [3.8, 4) is 11.8 Å². The van der Waals surface area contributed by atoms with Gasteiger partial charge >= 0.3 is 5.97 Å². The summed E-state index contributed by atoms with van der Waals surface area (Å²) in [5.41, 5.74) is 4.25. The van der Waals surface area contributed by atoms with Gasteiger partial charge in [-0.2, -0.15) is 5.26 Å². The molecule has 0 unspecified atom stereocenters. The Hall–Kier alpha value is -3.41. The van der Waals surface area contributed by atoms with Crippen molar-refractivity contribution in [2.45, 2.75) is 20.5 Å². The predicted molar refractivity (Wildman–Crippen MR) is 138 cm³/mol. The molecule has 0 spiro atoms. The Morgan fingerprint density at radius 3 is 2.26 bits per heavy atom. The number of aryl methyl sites for hydroxylation is 2. The normalized spacial score (nSPS) is 11.0. The van der Waals surface area contributed by atoms with Crippen LogP contribution in [0.3, 0.4) is 0 Å². The number of amides is 1. The molecule has 0 aliphatic carbocycles. The summed E-state index contributed by atoms with van der Waals surface area (Å²) in [5.74, 6) is -0.939. The topological polar surface area (TPSA) is 99.4 Å². The number of hydrogen-bond acceptors (Lipinski definition) is 4. The lowest BCUT2D eigenvalue weighted by molar-refractivity contribution is -0.112. The number of aromatic carboxylic acids is 1. The van der Waals surface area contributed by atoms with Crippen LogP contribution in [0.2, 0.25) is 0 Å². The maximum Gasteiger partial charge on any atom is 0.335 e. The molecule has 8 heteroatoms. The summed E-state index contributed by atoms with van der Waals surface area (Å²) in [6, 6.07) is 17.5. The first-order valence-electron chi connectivity index (χ1n) is 10.1. The third-order valence-electron chi connectivity index (χ3n) is 4.91. The second-order valence-corrected chi connectivity index (χ2v) is 9.26. The SMILES string of the molecule is Cc1ccc(NC(=O)/C(C#N)=C/c2cc(Br)c(OCc3ccc(C(=O)O)cc3)c(Br)c2)c(C)c1. The van der Waals surface area contributed by atoms with Crippen LogP contribution < -0.4 is 10.1 Å². The summed E-state index contributed by atoms with van der Waals surface area (Å²) in [7, 11) is 0. The maximum absolute atomic E-state index is 12.7. The van der Waals surface area contributed by atoms with E-state index < -0.39 is 11.9 Å². The van der Waals surface area contributed by atoms with E-state index in [4.69, 9.17) is 9.84 Å². The third kappa shape index (κ3) is 6.34. The quantitative estimate of drug-likeness (QED) is 0.239. The summed E-state index contributed by atoms with van der Waals surface area (Å²) in [5, 5.41) is 21.3. The van der Waals surface area contributed by atoms with E-state index in [0.29, 0.717) is 25.9 Å². The van der Waals surface area contributed by atoms with E-state index in [2.05, 4.69) is 37.2 Å². The lowest BCUT2D eigenvalue weighted by Gasteiger charge is -2.12. The molecule has 0 aliphatic heterocycles. The Kier molecular flexibility index (Phi) is 8.26. The van der Waals surface area contributed by atoms with Gasteiger partial charge in [0.1, 0.15) is 24.0 Å². The zero-order valence-corrected chi connectivity index (χ0v) is 21.5. The van der Waals surface area contributed by atoms with E-state index in [1.165, 1.54) is 18.2 Å². The average molecular weight is 584 g/mol. The molecule has 0 atom stereocenters. The molecule has 0 saturated carbocycles. The second-order valence-electron chi connectivity index (χ2n) is 7.55. The number of carboxylic acids is 1. The summed E-state index contributed by atoms with van der Waals surface area (Å²) in [6.45, 7) is 4.09. The van der Waals surface area contributed by atoms with Gasteiger partial charge in [-0.1, -0.05) is 29.8 Å². The summed E-state index contributed by atoms with van der Waals surface area (Å²) < 4.78 is 7.14. The van der Waals surface area contributed by atoms with Gasteiger partial charge in [0.2, 0.25) is 0 Å². The van der Waals surface area contributed by atoms with E-state index >= 15 is 0 Å². The minimum Gasteiger partial charge on any atom is -0.487 e. The number of halogens is 2. The standard InChI is InChI=1S/C26H20Br2N2O4/c1-15-3-8-23(16(2)9-15)30-25(31)20(13-29)10-18-11-21(27)24(22(28)12-18)34-14-17-4-6-19(7-5-17)26(32)33/h3-12H,14H2,1-2H3,(H,30,31)(H,32,33)/b20-10+. The molecule has 172 valence electrons. The van der Waals surface area contributed by atoms with E-state index in [0.717, 1.165) is 16.7 Å². The van der Waals surface area contributed by atoms with Crippen LogP contribution in [0.1, 0.15) is 32.6 Å². The molecule has 0 aliphatic rings. The van der Waals surface area contributed by atoms with Crippen LogP contribution in [0.4, 0.5) is 5.69 Å². The number of rotatable bonds is 7. The van der Waals surface area contributed by atoms with E-state index in [-0.39, 0.29) is 17.7 Å². The summed E-state index contributed by atoms with van der Waals surface area (Å²) in [4.78, 5) is 23.6. The summed E-state index contributed by atoms with van der Waals surface area (Å²) >= 11 is 6.95. The van der Waals surface area contributed by atoms with Gasteiger partial charge in [-0.3, -0.25) is 4.79 Å². The van der Waals surface area contributed by atoms with Gasteiger partial charge in [0.05, 0.1) is 14.5 Å². The Balaban J connectivity index is 1.76. The molecule has 3 aromatic rings. The summed E-state index contributed by atoms with van der Waals surface area (Å²) in [6.07, 6.45) is 1.50. The predicted octanol–water partition coefficient (Wildman–Crippen LogP) is 6.65. The van der Waals surface area contributed by atoms with E-state index in [1.54, 1.807) is 24.3 Å². The minimum absolute atomic E-state index is 0.0361. The first-order valence-corrected chi connectivity index (χ1v) is 11.7. The van der Waals surface area contributed by atoms with Crippen molar-refractivity contribution < 1.29 is 19.4 Å². The molecule has 0 radical (unpaired) electrons. The highest BCUT2D eigenvalue weighted by Crippen LogP contribution is 2.36. The first kappa shape index (κ1) is 25.2. The van der Waals surface area contributed by atoms with Gasteiger partial charge < -0.3 is 15.2 Å². The van der Waals surface area contributed by atoms with Gasteiger partial charge in [-0.05, 0) is 98.8 Å². The fraction of sp³-hybridized carbons (Fsp3) is 0.115. The van der Waals surface area contributed by atoms with Crippen LogP contribution in [-0.2, 0) is 11.4 Å². The number of anilines is 1. The highest BCUT2D eigenvalue weighted by atomic mass is 79.9. The molecule has 3 rings (SSSR count). The van der Waals surface area contributed by atoms with Crippen molar-refractivity contribution in [2.75, 3.05) is 5.32 Å². The van der Waals surface area contributed by atoms with Crippen LogP contribution in [0.15, 0.2) is 69.1 Å². The Morgan fingerprint density at radius 1 is 1.06 bits per heavy atom. The number of benzene rings is 3. The molecular formula is C26H20Br2N2O4. The largest absolute Gasteiger partial charge is 0.487 e. The smallest absolute Gasteiger partial charge is 0.335 e. The molecule has 0 aromatic heterocycles.